The summed E-state index contributed by atoms with van der Waals surface area (Å²) in [7, 11) is 2.10. The van der Waals surface area contributed by atoms with Gasteiger partial charge in [-0.2, -0.15) is 6.04 Å². The van der Waals surface area contributed by atoms with Crippen LogP contribution in [0.2, 0.25) is 0 Å². The molecule has 1 saturated heterocycles. The maximum atomic E-state index is 3.89. The molecule has 0 aromatic carbocycles. The van der Waals surface area contributed by atoms with Crippen molar-refractivity contribution in [2.75, 3.05) is 13.6 Å². The van der Waals surface area contributed by atoms with Crippen molar-refractivity contribution in [3.63, 3.8) is 0 Å². The van der Waals surface area contributed by atoms with Crippen molar-refractivity contribution >= 4 is 0 Å². The first-order valence-electron chi connectivity index (χ1n) is 3.26. The number of hydrogen-bond donors (Lipinski definition) is 0. The molecule has 0 aliphatic carbocycles. The van der Waals surface area contributed by atoms with Crippen molar-refractivity contribution < 1.29 is 20.4 Å². The van der Waals surface area contributed by atoms with Gasteiger partial charge in [-0.3, -0.25) is 0 Å². The van der Waals surface area contributed by atoms with Crippen LogP contribution in [0.5, 0.6) is 0 Å². The van der Waals surface area contributed by atoms with Gasteiger partial charge in [0.15, 0.2) is 0 Å². The summed E-state index contributed by atoms with van der Waals surface area (Å²) in [5.41, 5.74) is 1.20. The van der Waals surface area contributed by atoms with E-state index in [0.29, 0.717) is 0 Å². The molecule has 3 heteroatoms. The Labute approximate surface area is 77.1 Å². The molecule has 0 unspecified atom stereocenters. The average Bonchev–Trinajstić information content (AvgIpc) is 2.13. The molecule has 1 fully saturated rings. The molecule has 0 spiro atoms. The van der Waals surface area contributed by atoms with Crippen molar-refractivity contribution in [2.24, 2.45) is 0 Å². The van der Waals surface area contributed by atoms with Crippen molar-refractivity contribution in [2.45, 2.75) is 13.3 Å². The third-order valence-electron chi connectivity index (χ3n) is 1.69. The minimum atomic E-state index is 0. The van der Waals surface area contributed by atoms with E-state index in [1.165, 1.54) is 11.6 Å². The summed E-state index contributed by atoms with van der Waals surface area (Å²) < 4.78 is 0. The molecule has 11 heavy (non-hydrogen) atoms. The van der Waals surface area contributed by atoms with Gasteiger partial charge in [-0.25, -0.2) is 18.6 Å². The van der Waals surface area contributed by atoms with Crippen molar-refractivity contribution in [1.82, 2.24) is 4.90 Å². The quantitative estimate of drug-likeness (QED) is 0.430. The van der Waals surface area contributed by atoms with Gasteiger partial charge in [0.2, 0.25) is 0 Å². The summed E-state index contributed by atoms with van der Waals surface area (Å²) in [4.78, 5) is 2.24. The van der Waals surface area contributed by atoms with Crippen LogP contribution < -0.4 is 0 Å². The Balaban J connectivity index is 0. The Morgan fingerprint density at radius 1 is 1.64 bits per heavy atom. The normalized spacial score (nSPS) is 17.1. The number of hydrogen-bond acceptors (Lipinski definition) is 1. The summed E-state index contributed by atoms with van der Waals surface area (Å²) in [5, 5.41) is 0. The molecule has 0 amide bonds. The Morgan fingerprint density at radius 2 is 2.18 bits per heavy atom. The smallest absolute Gasteiger partial charge is 0 e. The Hall–Kier alpha value is -0.768. The molecule has 0 aromatic rings. The van der Waals surface area contributed by atoms with Crippen LogP contribution in [0.1, 0.15) is 13.3 Å². The molecule has 1 aliphatic rings. The molecule has 1 aliphatic heterocycles. The number of likely N-dealkylation sites (N-methyl/N-ethyl adjacent to an activating group) is 1. The van der Waals surface area contributed by atoms with E-state index < -0.39 is 0 Å². The van der Waals surface area contributed by atoms with Crippen molar-refractivity contribution in [3.05, 3.63) is 24.6 Å². The predicted molar refractivity (Wildman–Crippen MR) is 39.6 cm³/mol. The maximum absolute atomic E-state index is 3.89. The van der Waals surface area contributed by atoms with Gasteiger partial charge < -0.3 is 11.3 Å². The van der Waals surface area contributed by atoms with Crippen LogP contribution in [-0.4, -0.2) is 18.5 Å². The van der Waals surface area contributed by atoms with E-state index in [-0.39, 0.29) is 20.4 Å². The monoisotopic (exact) mass is 577 g/mol. The summed E-state index contributed by atoms with van der Waals surface area (Å²) in [5.74, 6) is 0. The van der Waals surface area contributed by atoms with Crippen LogP contribution in [0.15, 0.2) is 12.2 Å². The third-order valence-corrected chi connectivity index (χ3v) is 1.69. The first-order chi connectivity index (χ1) is 4.22. The maximum Gasteiger partial charge on any atom is 0 e. The van der Waals surface area contributed by atoms with Crippen LogP contribution in [0, 0.1) is 12.5 Å². The van der Waals surface area contributed by atoms with Gasteiger partial charge in [-0.15, -0.1) is 6.54 Å². The van der Waals surface area contributed by atoms with Gasteiger partial charge in [0.25, 0.3) is 0 Å². The third kappa shape index (κ3) is 2.76. The van der Waals surface area contributed by atoms with Gasteiger partial charge in [0.05, 0.1) is 0 Å². The molecule has 1 nitrogen and oxygen atoms in total. The standard InChI is InChI=1S/C8H13N.Re.Rf/c1-7(2)8-5-4-6-9(8)3;;/h4H,1,5-6H2,2-3H3;;/q-2;;. The van der Waals surface area contributed by atoms with Crippen LogP contribution >= 0.6 is 0 Å². The topological polar surface area (TPSA) is 3.24 Å². The first-order valence-corrected chi connectivity index (χ1v) is 3.26. The van der Waals surface area contributed by atoms with Crippen LogP contribution in [0.4, 0.5) is 0 Å². The Bertz CT molecular complexity index is 127. The van der Waals surface area contributed by atoms with E-state index in [0.717, 1.165) is 13.0 Å². The Kier molecular flexibility index (Phi) is 5.80. The van der Waals surface area contributed by atoms with Crippen LogP contribution in [-0.2, 0) is 20.4 Å². The molecule has 0 saturated carbocycles. The fourth-order valence-electron chi connectivity index (χ4n) is 1.16. The second kappa shape index (κ2) is 4.96. The fourth-order valence-corrected chi connectivity index (χ4v) is 1.16. The molecule has 1 rings (SSSR count). The predicted octanol–water partition coefficient (Wildman–Crippen LogP) is 1.63. The second-order valence-electron chi connectivity index (χ2n) is 2.60. The summed E-state index contributed by atoms with van der Waals surface area (Å²) in [6, 6.07) is 1.38. The SMILES string of the molecule is C=C(C)[C-]1C[CH-]CN1C.[Re].[Rf]. The number of rotatable bonds is 1. The summed E-state index contributed by atoms with van der Waals surface area (Å²) in [6.45, 7) is 7.03. The second-order valence-corrected chi connectivity index (χ2v) is 2.60. The zero-order valence-corrected chi connectivity index (χ0v) is 16.3. The number of nitrogens with zero attached hydrogens (tertiary/aromatic N) is 1. The first kappa shape index (κ1) is 12.9. The molecule has 0 aromatic heterocycles. The number of likely N-dealkylation sites (tertiary alicyclic amines) is 1. The van der Waals surface area contributed by atoms with Gasteiger partial charge in [-0.05, 0) is 7.05 Å². The van der Waals surface area contributed by atoms with Gasteiger partial charge >= 0.3 is 0 Å². The zero-order chi connectivity index (χ0) is 6.85. The molecule has 0 N–H and O–H groups in total. The van der Waals surface area contributed by atoms with E-state index in [2.05, 4.69) is 31.9 Å². The van der Waals surface area contributed by atoms with Crippen LogP contribution in [0.3, 0.4) is 0 Å². The van der Waals surface area contributed by atoms with Crippen LogP contribution in [0.25, 0.3) is 0 Å². The van der Waals surface area contributed by atoms with Gasteiger partial charge in [0, 0.05) is 20.4 Å². The molecule has 61 valence electrons. The van der Waals surface area contributed by atoms with E-state index in [4.69, 9.17) is 0 Å². The van der Waals surface area contributed by atoms with E-state index in [1.807, 2.05) is 0 Å². The van der Waals surface area contributed by atoms with Gasteiger partial charge in [0.1, 0.15) is 0 Å². The summed E-state index contributed by atoms with van der Waals surface area (Å²) >= 11 is 0. The van der Waals surface area contributed by atoms with Crippen molar-refractivity contribution in [1.29, 1.82) is 0 Å². The van der Waals surface area contributed by atoms with E-state index in [1.54, 1.807) is 0 Å². The van der Waals surface area contributed by atoms with Gasteiger partial charge in [-0.1, -0.05) is 6.92 Å². The zero-order valence-electron chi connectivity index (χ0n) is 7.23. The summed E-state index contributed by atoms with van der Waals surface area (Å²) in [6.07, 6.45) is 3.37. The van der Waals surface area contributed by atoms with E-state index >= 15 is 0 Å². The average molecular weight is 576 g/mol. The molecule has 1 radical (unpaired) electrons. The molecule has 0 atom stereocenters. The minimum Gasteiger partial charge on any atom is -0.390 e. The Morgan fingerprint density at radius 3 is 2.36 bits per heavy atom. The fraction of sp³-hybridized carbons (Fsp3) is 0.500. The molecule has 1 heterocycles. The largest absolute Gasteiger partial charge is 0.390 e. The van der Waals surface area contributed by atoms with Crippen molar-refractivity contribution in [3.8, 4) is 0 Å². The minimum absolute atomic E-state index is 0. The molecule has 0 bridgehead atoms. The van der Waals surface area contributed by atoms with E-state index in [9.17, 15) is 0 Å². The molecular formula is C8H13NReRf-2. The molecular weight excluding hydrogens is 563 g/mol.